The van der Waals surface area contributed by atoms with Crippen molar-refractivity contribution < 1.29 is 13.6 Å². The van der Waals surface area contributed by atoms with Gasteiger partial charge in [0.1, 0.15) is 17.7 Å². The molecule has 2 heterocycles. The van der Waals surface area contributed by atoms with Gasteiger partial charge in [0.25, 0.3) is 5.91 Å². The van der Waals surface area contributed by atoms with E-state index in [2.05, 4.69) is 10.4 Å². The summed E-state index contributed by atoms with van der Waals surface area (Å²) in [6.45, 7) is 4.10. The number of amides is 1. The van der Waals surface area contributed by atoms with Gasteiger partial charge in [-0.05, 0) is 43.5 Å². The summed E-state index contributed by atoms with van der Waals surface area (Å²) in [5, 5.41) is 9.18. The molecule has 0 saturated heterocycles. The SMILES string of the molecule is Cc1cc(C)n(C(CNC(=O)c2ccc(F)cc2F)c2cccs2)n1. The van der Waals surface area contributed by atoms with E-state index in [1.807, 2.05) is 42.1 Å². The molecule has 0 aliphatic rings. The maximum Gasteiger partial charge on any atom is 0.254 e. The lowest BCUT2D eigenvalue weighted by molar-refractivity contribution is 0.0945. The zero-order valence-corrected chi connectivity index (χ0v) is 14.6. The highest BCUT2D eigenvalue weighted by molar-refractivity contribution is 7.10. The number of halogens is 2. The van der Waals surface area contributed by atoms with Crippen LogP contribution in [0.3, 0.4) is 0 Å². The van der Waals surface area contributed by atoms with Crippen LogP contribution in [0.25, 0.3) is 0 Å². The quantitative estimate of drug-likeness (QED) is 0.750. The number of rotatable bonds is 5. The van der Waals surface area contributed by atoms with Crippen LogP contribution in [-0.2, 0) is 0 Å². The first-order chi connectivity index (χ1) is 12.0. The molecule has 0 radical (unpaired) electrons. The van der Waals surface area contributed by atoms with E-state index in [1.54, 1.807) is 11.3 Å². The molecule has 1 amide bonds. The summed E-state index contributed by atoms with van der Waals surface area (Å²) in [4.78, 5) is 13.3. The van der Waals surface area contributed by atoms with Crippen molar-refractivity contribution in [3.8, 4) is 0 Å². The van der Waals surface area contributed by atoms with Crippen molar-refractivity contribution in [3.63, 3.8) is 0 Å². The third-order valence-electron chi connectivity index (χ3n) is 3.84. The normalized spacial score (nSPS) is 12.2. The van der Waals surface area contributed by atoms with Crippen LogP contribution in [0.4, 0.5) is 8.78 Å². The zero-order chi connectivity index (χ0) is 18.0. The van der Waals surface area contributed by atoms with Crippen LogP contribution in [0, 0.1) is 25.5 Å². The number of hydrogen-bond donors (Lipinski definition) is 1. The number of aromatic nitrogens is 2. The topological polar surface area (TPSA) is 46.9 Å². The fraction of sp³-hybridized carbons (Fsp3) is 0.222. The standard InChI is InChI=1S/C18H17F2N3OS/c1-11-8-12(2)23(22-11)16(17-4-3-7-25-17)10-21-18(24)14-6-5-13(19)9-15(14)20/h3-9,16H,10H2,1-2H3,(H,21,24). The Balaban J connectivity index is 1.82. The molecule has 130 valence electrons. The number of benzene rings is 1. The molecule has 7 heteroatoms. The molecule has 0 bridgehead atoms. The van der Waals surface area contributed by atoms with Crippen molar-refractivity contribution in [3.05, 3.63) is 75.2 Å². The van der Waals surface area contributed by atoms with E-state index < -0.39 is 17.5 Å². The maximum atomic E-state index is 13.8. The highest BCUT2D eigenvalue weighted by atomic mass is 32.1. The third kappa shape index (κ3) is 3.76. The highest BCUT2D eigenvalue weighted by Crippen LogP contribution is 2.24. The second-order valence-corrected chi connectivity index (χ2v) is 6.72. The van der Waals surface area contributed by atoms with Gasteiger partial charge >= 0.3 is 0 Å². The number of carbonyl (C=O) groups is 1. The van der Waals surface area contributed by atoms with Crippen LogP contribution in [0.1, 0.15) is 32.7 Å². The van der Waals surface area contributed by atoms with Crippen LogP contribution in [0.5, 0.6) is 0 Å². The van der Waals surface area contributed by atoms with E-state index in [0.29, 0.717) is 6.07 Å². The van der Waals surface area contributed by atoms with E-state index in [1.165, 1.54) is 0 Å². The Morgan fingerprint density at radius 1 is 1.28 bits per heavy atom. The fourth-order valence-electron chi connectivity index (χ4n) is 2.71. The largest absolute Gasteiger partial charge is 0.349 e. The van der Waals surface area contributed by atoms with Crippen molar-refractivity contribution in [2.24, 2.45) is 0 Å². The molecule has 25 heavy (non-hydrogen) atoms. The molecule has 0 saturated carbocycles. The summed E-state index contributed by atoms with van der Waals surface area (Å²) < 4.78 is 28.6. The maximum absolute atomic E-state index is 13.8. The molecule has 1 unspecified atom stereocenters. The molecule has 1 N–H and O–H groups in total. The summed E-state index contributed by atoms with van der Waals surface area (Å²) in [6.07, 6.45) is 0. The second-order valence-electron chi connectivity index (χ2n) is 5.74. The Kier molecular flexibility index (Phi) is 4.94. The van der Waals surface area contributed by atoms with E-state index in [4.69, 9.17) is 0 Å². The fourth-order valence-corrected chi connectivity index (χ4v) is 3.52. The Morgan fingerprint density at radius 2 is 2.08 bits per heavy atom. The lowest BCUT2D eigenvalue weighted by Gasteiger charge is -2.19. The number of carbonyl (C=O) groups excluding carboxylic acids is 1. The summed E-state index contributed by atoms with van der Waals surface area (Å²) in [6, 6.07) is 8.58. The van der Waals surface area contributed by atoms with Gasteiger partial charge in [-0.3, -0.25) is 9.48 Å². The van der Waals surface area contributed by atoms with Crippen LogP contribution in [-0.4, -0.2) is 22.2 Å². The molecular formula is C18H17F2N3OS. The molecule has 0 fully saturated rings. The molecule has 3 rings (SSSR count). The van der Waals surface area contributed by atoms with Gasteiger partial charge in [-0.25, -0.2) is 8.78 Å². The van der Waals surface area contributed by atoms with Crippen LogP contribution < -0.4 is 5.32 Å². The van der Waals surface area contributed by atoms with Crippen molar-refractivity contribution in [1.82, 2.24) is 15.1 Å². The Hall–Kier alpha value is -2.54. The first kappa shape index (κ1) is 17.3. The lowest BCUT2D eigenvalue weighted by Crippen LogP contribution is -2.32. The molecule has 3 aromatic rings. The van der Waals surface area contributed by atoms with Gasteiger partial charge in [0, 0.05) is 23.2 Å². The van der Waals surface area contributed by atoms with Gasteiger partial charge in [-0.2, -0.15) is 5.10 Å². The average Bonchev–Trinajstić information content (AvgIpc) is 3.18. The molecule has 1 aromatic carbocycles. The number of nitrogens with one attached hydrogen (secondary N) is 1. The Bertz CT molecular complexity index is 890. The van der Waals surface area contributed by atoms with E-state index in [9.17, 15) is 13.6 Å². The third-order valence-corrected chi connectivity index (χ3v) is 4.82. The van der Waals surface area contributed by atoms with Crippen LogP contribution in [0.15, 0.2) is 41.8 Å². The molecule has 2 aromatic heterocycles. The number of thiophene rings is 1. The van der Waals surface area contributed by atoms with Crippen molar-refractivity contribution >= 4 is 17.2 Å². The summed E-state index contributed by atoms with van der Waals surface area (Å²) in [5.74, 6) is -2.18. The summed E-state index contributed by atoms with van der Waals surface area (Å²) >= 11 is 1.56. The smallest absolute Gasteiger partial charge is 0.254 e. The van der Waals surface area contributed by atoms with Gasteiger partial charge in [0.2, 0.25) is 0 Å². The minimum atomic E-state index is -0.878. The predicted octanol–water partition coefficient (Wildman–Crippen LogP) is 3.86. The predicted molar refractivity (Wildman–Crippen MR) is 92.9 cm³/mol. The Morgan fingerprint density at radius 3 is 2.68 bits per heavy atom. The minimum absolute atomic E-state index is 0.181. The highest BCUT2D eigenvalue weighted by Gasteiger charge is 2.20. The van der Waals surface area contributed by atoms with Crippen molar-refractivity contribution in [1.29, 1.82) is 0 Å². The van der Waals surface area contributed by atoms with Crippen LogP contribution in [0.2, 0.25) is 0 Å². The minimum Gasteiger partial charge on any atom is -0.349 e. The van der Waals surface area contributed by atoms with Gasteiger partial charge in [-0.15, -0.1) is 11.3 Å². The van der Waals surface area contributed by atoms with Crippen molar-refractivity contribution in [2.75, 3.05) is 6.54 Å². The molecule has 0 aliphatic heterocycles. The van der Waals surface area contributed by atoms with Gasteiger partial charge in [-0.1, -0.05) is 6.07 Å². The van der Waals surface area contributed by atoms with Crippen molar-refractivity contribution in [2.45, 2.75) is 19.9 Å². The number of aryl methyl sites for hydroxylation is 2. The average molecular weight is 361 g/mol. The number of hydrogen-bond acceptors (Lipinski definition) is 3. The van der Waals surface area contributed by atoms with E-state index in [-0.39, 0.29) is 18.2 Å². The van der Waals surface area contributed by atoms with E-state index >= 15 is 0 Å². The monoisotopic (exact) mass is 361 g/mol. The molecule has 0 aliphatic carbocycles. The first-order valence-corrected chi connectivity index (χ1v) is 8.63. The summed E-state index contributed by atoms with van der Waals surface area (Å²) in [5.41, 5.74) is 1.67. The molecule has 0 spiro atoms. The summed E-state index contributed by atoms with van der Waals surface area (Å²) in [7, 11) is 0. The molecule has 1 atom stereocenters. The zero-order valence-electron chi connectivity index (χ0n) is 13.8. The van der Waals surface area contributed by atoms with E-state index in [0.717, 1.165) is 28.4 Å². The van der Waals surface area contributed by atoms with Gasteiger partial charge in [0.05, 0.1) is 11.3 Å². The Labute approximate surface area is 148 Å². The lowest BCUT2D eigenvalue weighted by atomic mass is 10.1. The second kappa shape index (κ2) is 7.14. The number of nitrogens with zero attached hydrogens (tertiary/aromatic N) is 2. The first-order valence-electron chi connectivity index (χ1n) is 7.75. The van der Waals surface area contributed by atoms with Crippen LogP contribution >= 0.6 is 11.3 Å². The molecule has 4 nitrogen and oxygen atoms in total. The molecular weight excluding hydrogens is 344 g/mol. The van der Waals surface area contributed by atoms with Gasteiger partial charge < -0.3 is 5.32 Å². The van der Waals surface area contributed by atoms with Gasteiger partial charge in [0.15, 0.2) is 0 Å².